The van der Waals surface area contributed by atoms with Gasteiger partial charge in [0.2, 0.25) is 0 Å². The second-order valence-corrected chi connectivity index (χ2v) is 3.43. The molecule has 2 rings (SSSR count). The Kier molecular flexibility index (Phi) is 2.07. The van der Waals surface area contributed by atoms with Gasteiger partial charge in [-0.15, -0.1) is 0 Å². The predicted molar refractivity (Wildman–Crippen MR) is 53.3 cm³/mol. The molecule has 13 heavy (non-hydrogen) atoms. The van der Waals surface area contributed by atoms with E-state index in [1.165, 1.54) is 12.1 Å². The summed E-state index contributed by atoms with van der Waals surface area (Å²) in [6.45, 7) is 0. The molecule has 0 spiro atoms. The number of rotatable bonds is 1. The third-order valence-corrected chi connectivity index (χ3v) is 2.58. The van der Waals surface area contributed by atoms with Gasteiger partial charge in [0.15, 0.2) is 0 Å². The third-order valence-electron chi connectivity index (χ3n) is 2.04. The quantitative estimate of drug-likeness (QED) is 0.704. The molecule has 2 aromatic rings. The molecule has 0 N–H and O–H groups in total. The third kappa shape index (κ3) is 1.35. The van der Waals surface area contributed by atoms with Crippen molar-refractivity contribution in [2.45, 2.75) is 5.33 Å². The largest absolute Gasteiger partial charge is 0.271 e. The van der Waals surface area contributed by atoms with Gasteiger partial charge in [-0.3, -0.25) is 4.68 Å². The number of aromatic nitrogens is 2. The Morgan fingerprint density at radius 1 is 1.54 bits per heavy atom. The van der Waals surface area contributed by atoms with Gasteiger partial charge in [-0.2, -0.15) is 5.10 Å². The van der Waals surface area contributed by atoms with Crippen LogP contribution in [0, 0.1) is 5.82 Å². The van der Waals surface area contributed by atoms with Crippen LogP contribution in [0.25, 0.3) is 10.9 Å². The lowest BCUT2D eigenvalue weighted by molar-refractivity contribution is 0.629. The Hall–Kier alpha value is -0.900. The summed E-state index contributed by atoms with van der Waals surface area (Å²) >= 11 is 3.35. The molecule has 0 fully saturated rings. The number of hydrogen-bond acceptors (Lipinski definition) is 1. The van der Waals surface area contributed by atoms with E-state index in [0.29, 0.717) is 5.33 Å². The zero-order valence-electron chi connectivity index (χ0n) is 7.09. The van der Waals surface area contributed by atoms with Gasteiger partial charge >= 0.3 is 0 Å². The van der Waals surface area contributed by atoms with Crippen molar-refractivity contribution in [2.75, 3.05) is 0 Å². The van der Waals surface area contributed by atoms with Crippen LogP contribution in [0.3, 0.4) is 0 Å². The van der Waals surface area contributed by atoms with E-state index in [4.69, 9.17) is 0 Å². The van der Waals surface area contributed by atoms with E-state index in [0.717, 1.165) is 16.6 Å². The summed E-state index contributed by atoms with van der Waals surface area (Å²) in [5.41, 5.74) is 1.83. The number of alkyl halides is 1. The maximum Gasteiger partial charge on any atom is 0.124 e. The molecule has 1 heterocycles. The summed E-state index contributed by atoms with van der Waals surface area (Å²) in [7, 11) is 1.86. The van der Waals surface area contributed by atoms with Crippen molar-refractivity contribution < 1.29 is 4.39 Å². The monoisotopic (exact) mass is 242 g/mol. The molecule has 0 saturated carbocycles. The predicted octanol–water partition coefficient (Wildman–Crippen LogP) is 2.61. The van der Waals surface area contributed by atoms with Crippen LogP contribution in [0.2, 0.25) is 0 Å². The fourth-order valence-electron chi connectivity index (χ4n) is 1.38. The van der Waals surface area contributed by atoms with Crippen LogP contribution in [0.1, 0.15) is 5.69 Å². The molecular formula is C9H8BrFN2. The topological polar surface area (TPSA) is 17.8 Å². The summed E-state index contributed by atoms with van der Waals surface area (Å²) in [4.78, 5) is 0. The van der Waals surface area contributed by atoms with Crippen LogP contribution in [0.15, 0.2) is 18.2 Å². The number of halogens is 2. The summed E-state index contributed by atoms with van der Waals surface area (Å²) < 4.78 is 14.7. The van der Waals surface area contributed by atoms with Crippen molar-refractivity contribution >= 4 is 26.8 Å². The highest BCUT2D eigenvalue weighted by Gasteiger charge is 2.07. The zero-order valence-corrected chi connectivity index (χ0v) is 8.68. The fraction of sp³-hybridized carbons (Fsp3) is 0.222. The van der Waals surface area contributed by atoms with Gasteiger partial charge < -0.3 is 0 Å². The van der Waals surface area contributed by atoms with E-state index in [9.17, 15) is 4.39 Å². The van der Waals surface area contributed by atoms with E-state index in [2.05, 4.69) is 21.0 Å². The van der Waals surface area contributed by atoms with Crippen LogP contribution in [-0.4, -0.2) is 9.78 Å². The molecule has 0 aliphatic rings. The Bertz CT molecular complexity index is 450. The van der Waals surface area contributed by atoms with E-state index in [1.54, 1.807) is 10.7 Å². The smallest absolute Gasteiger partial charge is 0.124 e. The number of fused-ring (bicyclic) bond motifs is 1. The van der Waals surface area contributed by atoms with Gasteiger partial charge in [-0.1, -0.05) is 15.9 Å². The molecule has 0 bridgehead atoms. The highest BCUT2D eigenvalue weighted by atomic mass is 79.9. The zero-order chi connectivity index (χ0) is 9.42. The fourth-order valence-corrected chi connectivity index (χ4v) is 2.05. The van der Waals surface area contributed by atoms with Gasteiger partial charge in [-0.05, 0) is 18.2 Å². The van der Waals surface area contributed by atoms with Crippen molar-refractivity contribution in [3.63, 3.8) is 0 Å². The molecule has 1 aromatic carbocycles. The minimum atomic E-state index is -0.220. The second-order valence-electron chi connectivity index (χ2n) is 2.87. The van der Waals surface area contributed by atoms with Gasteiger partial charge in [-0.25, -0.2) is 4.39 Å². The van der Waals surface area contributed by atoms with Gasteiger partial charge in [0.1, 0.15) is 5.82 Å². The number of nitrogens with zero attached hydrogens (tertiary/aromatic N) is 2. The van der Waals surface area contributed by atoms with Crippen LogP contribution < -0.4 is 0 Å². The van der Waals surface area contributed by atoms with Crippen molar-refractivity contribution in [2.24, 2.45) is 7.05 Å². The Morgan fingerprint density at radius 2 is 2.31 bits per heavy atom. The minimum absolute atomic E-state index is 0.220. The highest BCUT2D eigenvalue weighted by Crippen LogP contribution is 2.20. The summed E-state index contributed by atoms with van der Waals surface area (Å²) in [6.07, 6.45) is 0. The lowest BCUT2D eigenvalue weighted by atomic mass is 10.2. The molecule has 0 radical (unpaired) electrons. The standard InChI is InChI=1S/C9H8BrFN2/c1-13-9(5-10)7-4-6(11)2-3-8(7)12-13/h2-4H,5H2,1H3. The first-order valence-electron chi connectivity index (χ1n) is 3.89. The van der Waals surface area contributed by atoms with Crippen molar-refractivity contribution in [3.8, 4) is 0 Å². The van der Waals surface area contributed by atoms with E-state index in [1.807, 2.05) is 7.05 Å². The second kappa shape index (κ2) is 3.10. The van der Waals surface area contributed by atoms with Crippen molar-refractivity contribution in [1.29, 1.82) is 0 Å². The molecule has 1 aromatic heterocycles. The normalized spacial score (nSPS) is 11.0. The molecule has 0 atom stereocenters. The lowest BCUT2D eigenvalue weighted by Crippen LogP contribution is -1.94. The van der Waals surface area contributed by atoms with Gasteiger partial charge in [0.25, 0.3) is 0 Å². The SMILES string of the molecule is Cn1nc2ccc(F)cc2c1CBr. The maximum atomic E-state index is 12.9. The van der Waals surface area contributed by atoms with Crippen LogP contribution >= 0.6 is 15.9 Å². The Balaban J connectivity index is 2.80. The molecule has 0 amide bonds. The molecule has 0 unspecified atom stereocenters. The summed E-state index contributed by atoms with van der Waals surface area (Å²) in [5.74, 6) is -0.220. The Labute approximate surface area is 83.5 Å². The van der Waals surface area contributed by atoms with Gasteiger partial charge in [0, 0.05) is 17.8 Å². The lowest BCUT2D eigenvalue weighted by Gasteiger charge is -1.95. The van der Waals surface area contributed by atoms with Crippen molar-refractivity contribution in [1.82, 2.24) is 9.78 Å². The van der Waals surface area contributed by atoms with Crippen LogP contribution in [0.4, 0.5) is 4.39 Å². The van der Waals surface area contributed by atoms with E-state index >= 15 is 0 Å². The maximum absolute atomic E-state index is 12.9. The molecule has 2 nitrogen and oxygen atoms in total. The minimum Gasteiger partial charge on any atom is -0.271 e. The molecule has 0 aliphatic carbocycles. The van der Waals surface area contributed by atoms with E-state index < -0.39 is 0 Å². The van der Waals surface area contributed by atoms with Crippen LogP contribution in [-0.2, 0) is 12.4 Å². The molecule has 4 heteroatoms. The summed E-state index contributed by atoms with van der Waals surface area (Å²) in [6, 6.07) is 4.63. The number of aryl methyl sites for hydroxylation is 1. The van der Waals surface area contributed by atoms with Gasteiger partial charge in [0.05, 0.1) is 11.2 Å². The highest BCUT2D eigenvalue weighted by molar-refractivity contribution is 9.08. The number of benzene rings is 1. The first kappa shape index (κ1) is 8.69. The average Bonchev–Trinajstić information content (AvgIpc) is 2.40. The van der Waals surface area contributed by atoms with Crippen molar-refractivity contribution in [3.05, 3.63) is 29.7 Å². The van der Waals surface area contributed by atoms with Crippen LogP contribution in [0.5, 0.6) is 0 Å². The molecule has 0 saturated heterocycles. The molecular weight excluding hydrogens is 235 g/mol. The molecule has 68 valence electrons. The first-order chi connectivity index (χ1) is 6.22. The summed E-state index contributed by atoms with van der Waals surface area (Å²) in [5, 5.41) is 5.80. The molecule has 0 aliphatic heterocycles. The average molecular weight is 243 g/mol. The number of hydrogen-bond donors (Lipinski definition) is 0. The first-order valence-corrected chi connectivity index (χ1v) is 5.01. The Morgan fingerprint density at radius 3 is 3.00 bits per heavy atom. The van der Waals surface area contributed by atoms with E-state index in [-0.39, 0.29) is 5.82 Å².